The van der Waals surface area contributed by atoms with Gasteiger partial charge in [0.15, 0.2) is 17.0 Å². The van der Waals surface area contributed by atoms with Crippen molar-refractivity contribution in [2.24, 2.45) is 0 Å². The highest BCUT2D eigenvalue weighted by Gasteiger charge is 2.37. The lowest BCUT2D eigenvalue weighted by atomic mass is 9.97. The molecule has 2 fully saturated rings. The number of amides is 2. The molecule has 3 aliphatic rings. The van der Waals surface area contributed by atoms with Crippen molar-refractivity contribution in [1.82, 2.24) is 9.47 Å². The van der Waals surface area contributed by atoms with Gasteiger partial charge in [-0.2, -0.15) is 14.0 Å². The summed E-state index contributed by atoms with van der Waals surface area (Å²) >= 11 is 0. The van der Waals surface area contributed by atoms with Crippen molar-refractivity contribution < 1.29 is 27.5 Å². The molecular weight excluding hydrogens is 537 g/mol. The Morgan fingerprint density at radius 2 is 1.73 bits per heavy atom. The standard InChI is InChI=1S/C30H25F3N4O4/c1-16-14-36(19-6-7-19)24-22(26(16)38)12-23(31)25(27(24)41-30(32)33)35-10-8-17(9-11-35)18(13-34)15-37-28(39)20-4-2-3-5-21(20)29(37)40/h2-5,12,14,19,30H,6-11,15H2,1H3. The number of hydrogen-bond acceptors (Lipinski definition) is 6. The Balaban J connectivity index is 1.33. The molecule has 6 rings (SSSR count). The molecule has 2 aliphatic heterocycles. The van der Waals surface area contributed by atoms with Crippen molar-refractivity contribution >= 4 is 28.4 Å². The summed E-state index contributed by atoms with van der Waals surface area (Å²) in [6.45, 7) is -1.48. The van der Waals surface area contributed by atoms with Crippen LogP contribution in [0.2, 0.25) is 0 Å². The number of carbonyl (C=O) groups excluding carboxylic acids is 2. The largest absolute Gasteiger partial charge is 0.430 e. The minimum Gasteiger partial charge on any atom is -0.430 e. The van der Waals surface area contributed by atoms with Gasteiger partial charge in [0, 0.05) is 36.5 Å². The van der Waals surface area contributed by atoms with E-state index in [2.05, 4.69) is 6.07 Å². The number of alkyl halides is 2. The maximum atomic E-state index is 15.6. The summed E-state index contributed by atoms with van der Waals surface area (Å²) in [4.78, 5) is 41.1. The zero-order chi connectivity index (χ0) is 29.0. The summed E-state index contributed by atoms with van der Waals surface area (Å²) in [7, 11) is 0. The van der Waals surface area contributed by atoms with Gasteiger partial charge in [0.1, 0.15) is 5.69 Å². The average molecular weight is 563 g/mol. The second-order valence-corrected chi connectivity index (χ2v) is 10.5. The molecule has 3 aromatic rings. The van der Waals surface area contributed by atoms with Gasteiger partial charge < -0.3 is 14.2 Å². The SMILES string of the molecule is Cc1cn(C2CC2)c2c(OC(F)F)c(N3CCC(=C(C#N)CN4C(=O)c5ccccc5C4=O)CC3)c(F)cc2c1=O. The second-order valence-electron chi connectivity index (χ2n) is 10.5. The van der Waals surface area contributed by atoms with Crippen molar-refractivity contribution in [3.63, 3.8) is 0 Å². The Bertz CT molecular complexity index is 1710. The lowest BCUT2D eigenvalue weighted by Crippen LogP contribution is -2.35. The molecule has 0 bridgehead atoms. The van der Waals surface area contributed by atoms with Crippen LogP contribution in [-0.4, -0.2) is 47.5 Å². The Hall–Kier alpha value is -4.59. The topological polar surface area (TPSA) is 95.6 Å². The first kappa shape index (κ1) is 26.6. The maximum absolute atomic E-state index is 15.6. The predicted molar refractivity (Wildman–Crippen MR) is 144 cm³/mol. The van der Waals surface area contributed by atoms with Crippen LogP contribution in [0.3, 0.4) is 0 Å². The highest BCUT2D eigenvalue weighted by Crippen LogP contribution is 2.45. The van der Waals surface area contributed by atoms with Crippen LogP contribution in [0.15, 0.2) is 52.5 Å². The fourth-order valence-corrected chi connectivity index (χ4v) is 5.79. The summed E-state index contributed by atoms with van der Waals surface area (Å²) < 4.78 is 49.6. The Kier molecular flexibility index (Phi) is 6.56. The third kappa shape index (κ3) is 4.53. The Morgan fingerprint density at radius 1 is 1.10 bits per heavy atom. The van der Waals surface area contributed by atoms with Gasteiger partial charge in [0.05, 0.1) is 34.6 Å². The Morgan fingerprint density at radius 3 is 2.29 bits per heavy atom. The number of nitrogens with zero attached hydrogens (tertiary/aromatic N) is 4. The van der Waals surface area contributed by atoms with E-state index in [1.165, 1.54) is 0 Å². The monoisotopic (exact) mass is 562 g/mol. The van der Waals surface area contributed by atoms with Gasteiger partial charge in [-0.3, -0.25) is 19.3 Å². The predicted octanol–water partition coefficient (Wildman–Crippen LogP) is 5.10. The lowest BCUT2D eigenvalue weighted by molar-refractivity contribution is -0.0488. The van der Waals surface area contributed by atoms with E-state index in [0.29, 0.717) is 11.1 Å². The quantitative estimate of drug-likeness (QED) is 0.306. The Labute approximate surface area is 232 Å². The number of ether oxygens (including phenoxy) is 1. The fraction of sp³-hybridized carbons (Fsp3) is 0.333. The summed E-state index contributed by atoms with van der Waals surface area (Å²) in [5.41, 5.74) is 1.45. The van der Waals surface area contributed by atoms with E-state index in [9.17, 15) is 28.4 Å². The van der Waals surface area contributed by atoms with Crippen molar-refractivity contribution in [1.29, 1.82) is 5.26 Å². The highest BCUT2D eigenvalue weighted by molar-refractivity contribution is 6.21. The third-order valence-corrected chi connectivity index (χ3v) is 7.96. The number of halogens is 3. The first-order chi connectivity index (χ1) is 19.7. The third-order valence-electron chi connectivity index (χ3n) is 7.96. The minimum absolute atomic E-state index is 0.00589. The smallest absolute Gasteiger partial charge is 0.387 e. The molecule has 1 saturated heterocycles. The summed E-state index contributed by atoms with van der Waals surface area (Å²) in [6.07, 6.45) is 3.78. The molecule has 1 saturated carbocycles. The van der Waals surface area contributed by atoms with Crippen LogP contribution >= 0.6 is 0 Å². The molecule has 41 heavy (non-hydrogen) atoms. The van der Waals surface area contributed by atoms with Crippen LogP contribution in [0.1, 0.15) is 58.0 Å². The van der Waals surface area contributed by atoms with Crippen LogP contribution in [-0.2, 0) is 0 Å². The van der Waals surface area contributed by atoms with Crippen LogP contribution in [0.5, 0.6) is 5.75 Å². The molecule has 0 N–H and O–H groups in total. The molecule has 0 radical (unpaired) electrons. The fourth-order valence-electron chi connectivity index (χ4n) is 5.79. The molecule has 0 atom stereocenters. The van der Waals surface area contributed by atoms with Gasteiger partial charge in [-0.1, -0.05) is 17.7 Å². The molecule has 2 aromatic carbocycles. The number of anilines is 1. The van der Waals surface area contributed by atoms with Crippen LogP contribution < -0.4 is 15.1 Å². The van der Waals surface area contributed by atoms with Gasteiger partial charge in [-0.15, -0.1) is 0 Å². The molecule has 2 amide bonds. The minimum atomic E-state index is -3.24. The molecule has 0 spiro atoms. The molecule has 0 unspecified atom stereocenters. The number of hydrogen-bond donors (Lipinski definition) is 0. The maximum Gasteiger partial charge on any atom is 0.387 e. The van der Waals surface area contributed by atoms with Gasteiger partial charge in [-0.05, 0) is 50.8 Å². The molecule has 210 valence electrons. The van der Waals surface area contributed by atoms with E-state index >= 15 is 4.39 Å². The van der Waals surface area contributed by atoms with Gasteiger partial charge in [0.2, 0.25) is 0 Å². The van der Waals surface area contributed by atoms with Crippen molar-refractivity contribution in [3.05, 3.63) is 80.4 Å². The van der Waals surface area contributed by atoms with E-state index in [1.54, 1.807) is 46.9 Å². The number of rotatable bonds is 6. The number of aromatic nitrogens is 1. The molecule has 1 aliphatic carbocycles. The van der Waals surface area contributed by atoms with E-state index in [4.69, 9.17) is 4.74 Å². The number of benzene rings is 2. The normalized spacial score (nSPS) is 16.9. The van der Waals surface area contributed by atoms with Crippen LogP contribution in [0.25, 0.3) is 10.9 Å². The summed E-state index contributed by atoms with van der Waals surface area (Å²) in [6, 6.07) is 9.66. The second kappa shape index (κ2) is 10.1. The van der Waals surface area contributed by atoms with E-state index in [-0.39, 0.29) is 77.6 Å². The highest BCUT2D eigenvalue weighted by atomic mass is 19.3. The number of aryl methyl sites for hydroxylation is 1. The number of nitriles is 1. The number of imide groups is 1. The van der Waals surface area contributed by atoms with Crippen molar-refractivity contribution in [2.75, 3.05) is 24.5 Å². The molecule has 8 nitrogen and oxygen atoms in total. The zero-order valence-corrected chi connectivity index (χ0v) is 22.1. The van der Waals surface area contributed by atoms with Gasteiger partial charge >= 0.3 is 6.61 Å². The average Bonchev–Trinajstić information content (AvgIpc) is 3.77. The van der Waals surface area contributed by atoms with Gasteiger partial charge in [-0.25, -0.2) is 4.39 Å². The number of piperidine rings is 1. The van der Waals surface area contributed by atoms with E-state index in [0.717, 1.165) is 23.8 Å². The van der Waals surface area contributed by atoms with E-state index < -0.39 is 29.7 Å². The molecule has 11 heteroatoms. The summed E-state index contributed by atoms with van der Waals surface area (Å²) in [5, 5.41) is 9.87. The van der Waals surface area contributed by atoms with Gasteiger partial charge in [0.25, 0.3) is 11.8 Å². The number of pyridine rings is 1. The van der Waals surface area contributed by atoms with Crippen LogP contribution in [0, 0.1) is 24.1 Å². The zero-order valence-electron chi connectivity index (χ0n) is 22.1. The molecule has 3 heterocycles. The molecule has 1 aromatic heterocycles. The van der Waals surface area contributed by atoms with Crippen molar-refractivity contribution in [2.45, 2.75) is 45.3 Å². The number of carbonyl (C=O) groups is 2. The van der Waals surface area contributed by atoms with Crippen molar-refractivity contribution in [3.8, 4) is 11.8 Å². The summed E-state index contributed by atoms with van der Waals surface area (Å²) in [5.74, 6) is -2.17. The number of fused-ring (bicyclic) bond motifs is 2. The first-order valence-corrected chi connectivity index (χ1v) is 13.3. The lowest BCUT2D eigenvalue weighted by Gasteiger charge is -2.33. The van der Waals surface area contributed by atoms with Crippen LogP contribution in [0.4, 0.5) is 18.9 Å². The van der Waals surface area contributed by atoms with E-state index in [1.807, 2.05) is 0 Å². The molecular formula is C30H25F3N4O4. The first-order valence-electron chi connectivity index (χ1n) is 13.3.